The van der Waals surface area contributed by atoms with Crippen molar-refractivity contribution in [3.8, 4) is 0 Å². The highest BCUT2D eigenvalue weighted by atomic mass is 35.5. The second-order valence-corrected chi connectivity index (χ2v) is 7.90. The molecule has 0 aliphatic carbocycles. The van der Waals surface area contributed by atoms with E-state index in [1.807, 2.05) is 12.1 Å². The summed E-state index contributed by atoms with van der Waals surface area (Å²) in [6.45, 7) is 0. The summed E-state index contributed by atoms with van der Waals surface area (Å²) in [5.74, 6) is -0.820. The molecule has 32 heavy (non-hydrogen) atoms. The normalized spacial score (nSPS) is 11.1. The lowest BCUT2D eigenvalue weighted by Gasteiger charge is -2.14. The van der Waals surface area contributed by atoms with Gasteiger partial charge in [0.25, 0.3) is 5.91 Å². The van der Waals surface area contributed by atoms with Gasteiger partial charge in [-0.3, -0.25) is 14.6 Å². The molecule has 5 nitrogen and oxygen atoms in total. The van der Waals surface area contributed by atoms with Crippen molar-refractivity contribution in [2.75, 3.05) is 5.32 Å². The van der Waals surface area contributed by atoms with Crippen LogP contribution in [0.25, 0.3) is 17.0 Å². The summed E-state index contributed by atoms with van der Waals surface area (Å²) < 4.78 is 0. The molecule has 0 atom stereocenters. The number of carbonyl (C=O) groups excluding carboxylic acids is 2. The van der Waals surface area contributed by atoms with E-state index >= 15 is 0 Å². The zero-order chi connectivity index (χ0) is 22.7. The third-order valence-corrected chi connectivity index (χ3v) is 5.33. The van der Waals surface area contributed by atoms with Gasteiger partial charge in [-0.15, -0.1) is 0 Å². The average Bonchev–Trinajstić information content (AvgIpc) is 2.79. The number of primary amides is 1. The Morgan fingerprint density at radius 3 is 2.22 bits per heavy atom. The van der Waals surface area contributed by atoms with Crippen LogP contribution in [0.4, 0.5) is 11.4 Å². The number of ketones is 1. The maximum absolute atomic E-state index is 12.8. The van der Waals surface area contributed by atoms with Crippen molar-refractivity contribution in [2.45, 2.75) is 0 Å². The smallest absolute Gasteiger partial charge is 0.252 e. The highest BCUT2D eigenvalue weighted by molar-refractivity contribution is 6.31. The standard InChI is InChI=1S/C25H17Cl2N3O2/c26-17-5-1-15(2-6-17)3-12-23(31)16-4-11-22-20(13-16)24(21(14-29-22)25(28)32)30-19-9-7-18(27)8-10-19/h1-14H,(H2,28,32)(H,29,30)/b12-3+. The first kappa shape index (κ1) is 21.6. The fourth-order valence-corrected chi connectivity index (χ4v) is 3.44. The van der Waals surface area contributed by atoms with Crippen LogP contribution in [0.1, 0.15) is 26.3 Å². The van der Waals surface area contributed by atoms with E-state index < -0.39 is 5.91 Å². The Hall–Kier alpha value is -3.67. The molecule has 0 saturated heterocycles. The summed E-state index contributed by atoms with van der Waals surface area (Å²) in [5, 5.41) is 5.03. The number of amides is 1. The number of carbonyl (C=O) groups is 2. The molecule has 158 valence electrons. The minimum atomic E-state index is -0.629. The van der Waals surface area contributed by atoms with Crippen LogP contribution in [0, 0.1) is 0 Å². The molecule has 0 fully saturated rings. The third-order valence-electron chi connectivity index (χ3n) is 4.83. The number of hydrogen-bond acceptors (Lipinski definition) is 4. The second-order valence-electron chi connectivity index (χ2n) is 7.02. The Morgan fingerprint density at radius 2 is 1.56 bits per heavy atom. The molecule has 0 bridgehead atoms. The van der Waals surface area contributed by atoms with Gasteiger partial charge in [0.15, 0.2) is 5.78 Å². The average molecular weight is 462 g/mol. The molecule has 4 aromatic rings. The summed E-state index contributed by atoms with van der Waals surface area (Å²) in [5.41, 5.74) is 8.90. The Labute approximate surface area is 194 Å². The van der Waals surface area contributed by atoms with Crippen LogP contribution in [-0.4, -0.2) is 16.7 Å². The second kappa shape index (κ2) is 9.22. The van der Waals surface area contributed by atoms with Crippen LogP contribution in [0.5, 0.6) is 0 Å². The first-order valence-electron chi connectivity index (χ1n) is 9.64. The van der Waals surface area contributed by atoms with E-state index in [0.29, 0.717) is 37.9 Å². The van der Waals surface area contributed by atoms with E-state index in [9.17, 15) is 9.59 Å². The van der Waals surface area contributed by atoms with Crippen molar-refractivity contribution >= 4 is 63.2 Å². The van der Waals surface area contributed by atoms with E-state index in [2.05, 4.69) is 10.3 Å². The fourth-order valence-electron chi connectivity index (χ4n) is 3.19. The molecule has 0 radical (unpaired) electrons. The molecule has 0 aliphatic heterocycles. The van der Waals surface area contributed by atoms with Gasteiger partial charge in [-0.25, -0.2) is 0 Å². The number of nitrogens with two attached hydrogens (primary N) is 1. The number of fused-ring (bicyclic) bond motifs is 1. The monoisotopic (exact) mass is 461 g/mol. The number of anilines is 2. The SMILES string of the molecule is NC(=O)c1cnc2ccc(C(=O)/C=C/c3ccc(Cl)cc3)cc2c1Nc1ccc(Cl)cc1. The van der Waals surface area contributed by atoms with Crippen molar-refractivity contribution < 1.29 is 9.59 Å². The molecule has 7 heteroatoms. The van der Waals surface area contributed by atoms with Crippen molar-refractivity contribution in [3.05, 3.63) is 106 Å². The van der Waals surface area contributed by atoms with Crippen molar-refractivity contribution in [1.82, 2.24) is 4.98 Å². The van der Waals surface area contributed by atoms with Crippen LogP contribution < -0.4 is 11.1 Å². The molecule has 1 aromatic heterocycles. The molecule has 3 aromatic carbocycles. The lowest BCUT2D eigenvalue weighted by Crippen LogP contribution is -2.14. The number of benzene rings is 3. The van der Waals surface area contributed by atoms with Crippen molar-refractivity contribution in [2.24, 2.45) is 5.73 Å². The molecular weight excluding hydrogens is 445 g/mol. The minimum Gasteiger partial charge on any atom is -0.365 e. The molecule has 0 unspecified atom stereocenters. The van der Waals surface area contributed by atoms with Gasteiger partial charge in [0, 0.05) is 32.9 Å². The van der Waals surface area contributed by atoms with Crippen LogP contribution in [0.2, 0.25) is 10.0 Å². The largest absolute Gasteiger partial charge is 0.365 e. The summed E-state index contributed by atoms with van der Waals surface area (Å²) in [7, 11) is 0. The zero-order valence-corrected chi connectivity index (χ0v) is 18.2. The van der Waals surface area contributed by atoms with Crippen LogP contribution >= 0.6 is 23.2 Å². The number of hydrogen-bond donors (Lipinski definition) is 2. The van der Waals surface area contributed by atoms with Crippen LogP contribution in [0.3, 0.4) is 0 Å². The highest BCUT2D eigenvalue weighted by Gasteiger charge is 2.15. The van der Waals surface area contributed by atoms with Gasteiger partial charge >= 0.3 is 0 Å². The lowest BCUT2D eigenvalue weighted by molar-refractivity contribution is 0.0999. The molecule has 4 rings (SSSR count). The third kappa shape index (κ3) is 4.80. The van der Waals surface area contributed by atoms with Gasteiger partial charge in [0.2, 0.25) is 0 Å². The van der Waals surface area contributed by atoms with Gasteiger partial charge in [-0.05, 0) is 66.2 Å². The summed E-state index contributed by atoms with van der Waals surface area (Å²) in [6, 6.07) is 19.3. The number of pyridine rings is 1. The number of halogens is 2. The molecular formula is C25H17Cl2N3O2. The molecule has 1 amide bonds. The number of rotatable bonds is 6. The lowest BCUT2D eigenvalue weighted by atomic mass is 10.0. The highest BCUT2D eigenvalue weighted by Crippen LogP contribution is 2.30. The first-order chi connectivity index (χ1) is 15.4. The Balaban J connectivity index is 1.74. The molecule has 0 aliphatic rings. The molecule has 3 N–H and O–H groups in total. The quantitative estimate of drug-likeness (QED) is 0.261. The van der Waals surface area contributed by atoms with Gasteiger partial charge in [-0.1, -0.05) is 41.4 Å². The molecule has 0 spiro atoms. The summed E-state index contributed by atoms with van der Waals surface area (Å²) in [4.78, 5) is 29.2. The predicted octanol–water partition coefficient (Wildman–Crippen LogP) is 6.28. The maximum Gasteiger partial charge on any atom is 0.252 e. The van der Waals surface area contributed by atoms with Crippen molar-refractivity contribution in [1.29, 1.82) is 0 Å². The topological polar surface area (TPSA) is 85.1 Å². The Bertz CT molecular complexity index is 1350. The van der Waals surface area contributed by atoms with E-state index in [1.54, 1.807) is 60.7 Å². The van der Waals surface area contributed by atoms with Gasteiger partial charge in [0.1, 0.15) is 0 Å². The zero-order valence-electron chi connectivity index (χ0n) is 16.7. The Morgan fingerprint density at radius 1 is 0.906 bits per heavy atom. The maximum atomic E-state index is 12.8. The number of nitrogens with zero attached hydrogens (tertiary/aromatic N) is 1. The minimum absolute atomic E-state index is 0.191. The predicted molar refractivity (Wildman–Crippen MR) is 130 cm³/mol. The molecule has 1 heterocycles. The number of aromatic nitrogens is 1. The van der Waals surface area contributed by atoms with Crippen LogP contribution in [-0.2, 0) is 0 Å². The van der Waals surface area contributed by atoms with Crippen molar-refractivity contribution in [3.63, 3.8) is 0 Å². The van der Waals surface area contributed by atoms with E-state index in [4.69, 9.17) is 28.9 Å². The van der Waals surface area contributed by atoms with Crippen LogP contribution in [0.15, 0.2) is 79.0 Å². The van der Waals surface area contributed by atoms with E-state index in [0.717, 1.165) is 5.56 Å². The summed E-state index contributed by atoms with van der Waals surface area (Å²) in [6.07, 6.45) is 4.63. The van der Waals surface area contributed by atoms with E-state index in [1.165, 1.54) is 12.3 Å². The number of allylic oxidation sites excluding steroid dienone is 1. The molecule has 0 saturated carbocycles. The fraction of sp³-hybridized carbons (Fsp3) is 0. The summed E-state index contributed by atoms with van der Waals surface area (Å²) >= 11 is 11.9. The number of nitrogens with one attached hydrogen (secondary N) is 1. The van der Waals surface area contributed by atoms with Gasteiger partial charge < -0.3 is 11.1 Å². The van der Waals surface area contributed by atoms with Gasteiger partial charge in [-0.2, -0.15) is 0 Å². The van der Waals surface area contributed by atoms with Gasteiger partial charge in [0.05, 0.1) is 16.8 Å². The Kier molecular flexibility index (Phi) is 6.21. The van der Waals surface area contributed by atoms with E-state index in [-0.39, 0.29) is 11.3 Å². The first-order valence-corrected chi connectivity index (χ1v) is 10.4.